The fourth-order valence-electron chi connectivity index (χ4n) is 2.01. The second-order valence-electron chi connectivity index (χ2n) is 4.61. The van der Waals surface area contributed by atoms with Crippen LogP contribution in [0.3, 0.4) is 0 Å². The lowest BCUT2D eigenvalue weighted by Crippen LogP contribution is -2.37. The Morgan fingerprint density at radius 3 is 2.83 bits per heavy atom. The van der Waals surface area contributed by atoms with Crippen LogP contribution in [0.5, 0.6) is 0 Å². The van der Waals surface area contributed by atoms with E-state index in [-0.39, 0.29) is 17.5 Å². The van der Waals surface area contributed by atoms with E-state index in [1.165, 1.54) is 17.0 Å². The molecule has 0 saturated carbocycles. The van der Waals surface area contributed by atoms with E-state index < -0.39 is 12.1 Å². The number of ether oxygens (including phenoxy) is 1. The van der Waals surface area contributed by atoms with Crippen molar-refractivity contribution in [2.45, 2.75) is 19.9 Å². The Morgan fingerprint density at radius 1 is 1.50 bits per heavy atom. The summed E-state index contributed by atoms with van der Waals surface area (Å²) in [7, 11) is 0. The molecule has 1 fully saturated rings. The minimum atomic E-state index is -1.01. The summed E-state index contributed by atoms with van der Waals surface area (Å²) < 4.78 is 5.03. The zero-order valence-electron chi connectivity index (χ0n) is 10.3. The van der Waals surface area contributed by atoms with E-state index in [2.05, 4.69) is 0 Å². The SMILES string of the molecule is CC(C)C1COC(=O)N1c1cccc(C(=O)O)c1. The molecule has 1 aromatic rings. The van der Waals surface area contributed by atoms with Gasteiger partial charge >= 0.3 is 12.1 Å². The van der Waals surface area contributed by atoms with Crippen LogP contribution >= 0.6 is 0 Å². The van der Waals surface area contributed by atoms with Gasteiger partial charge in [-0.05, 0) is 24.1 Å². The summed E-state index contributed by atoms with van der Waals surface area (Å²) in [5.74, 6) is -0.768. The van der Waals surface area contributed by atoms with E-state index in [1.54, 1.807) is 12.1 Å². The van der Waals surface area contributed by atoms with Gasteiger partial charge in [-0.15, -0.1) is 0 Å². The lowest BCUT2D eigenvalue weighted by Gasteiger charge is -2.24. The number of rotatable bonds is 3. The van der Waals surface area contributed by atoms with Crippen LogP contribution in [0.25, 0.3) is 0 Å². The molecule has 0 radical (unpaired) electrons. The van der Waals surface area contributed by atoms with E-state index in [9.17, 15) is 9.59 Å². The van der Waals surface area contributed by atoms with Crippen molar-refractivity contribution in [2.24, 2.45) is 5.92 Å². The molecular weight excluding hydrogens is 234 g/mol. The fraction of sp³-hybridized carbons (Fsp3) is 0.385. The molecule has 1 aromatic carbocycles. The molecule has 0 aromatic heterocycles. The van der Waals surface area contributed by atoms with Crippen molar-refractivity contribution in [2.75, 3.05) is 11.5 Å². The zero-order valence-corrected chi connectivity index (χ0v) is 10.3. The first-order chi connectivity index (χ1) is 8.50. The van der Waals surface area contributed by atoms with Crippen LogP contribution in [0.15, 0.2) is 24.3 Å². The van der Waals surface area contributed by atoms with Gasteiger partial charge < -0.3 is 9.84 Å². The van der Waals surface area contributed by atoms with Gasteiger partial charge in [-0.1, -0.05) is 19.9 Å². The number of amides is 1. The first-order valence-corrected chi connectivity index (χ1v) is 5.80. The molecule has 1 amide bonds. The smallest absolute Gasteiger partial charge is 0.414 e. The third kappa shape index (κ3) is 2.16. The van der Waals surface area contributed by atoms with Gasteiger partial charge in [0.15, 0.2) is 0 Å². The minimum Gasteiger partial charge on any atom is -0.478 e. The predicted molar refractivity (Wildman–Crippen MR) is 65.9 cm³/mol. The summed E-state index contributed by atoms with van der Waals surface area (Å²) in [4.78, 5) is 24.2. The summed E-state index contributed by atoms with van der Waals surface area (Å²) in [6.07, 6.45) is -0.420. The Balaban J connectivity index is 2.37. The van der Waals surface area contributed by atoms with E-state index in [4.69, 9.17) is 9.84 Å². The highest BCUT2D eigenvalue weighted by molar-refractivity contribution is 5.94. The lowest BCUT2D eigenvalue weighted by molar-refractivity contribution is 0.0697. The molecule has 1 saturated heterocycles. The maximum absolute atomic E-state index is 11.7. The Bertz CT molecular complexity index is 484. The van der Waals surface area contributed by atoms with E-state index >= 15 is 0 Å². The van der Waals surface area contributed by atoms with Gasteiger partial charge in [0.2, 0.25) is 0 Å². The molecule has 2 rings (SSSR count). The Labute approximate surface area is 105 Å². The van der Waals surface area contributed by atoms with Crippen LogP contribution < -0.4 is 4.90 Å². The number of carboxylic acids is 1. The van der Waals surface area contributed by atoms with Crippen molar-refractivity contribution in [3.05, 3.63) is 29.8 Å². The summed E-state index contributed by atoms with van der Waals surface area (Å²) in [6.45, 7) is 4.34. The molecule has 96 valence electrons. The van der Waals surface area contributed by atoms with Crippen LogP contribution in [0.1, 0.15) is 24.2 Å². The molecule has 0 spiro atoms. The fourth-order valence-corrected chi connectivity index (χ4v) is 2.01. The Hall–Kier alpha value is -2.04. The average molecular weight is 249 g/mol. The third-order valence-electron chi connectivity index (χ3n) is 3.05. The van der Waals surface area contributed by atoms with Crippen LogP contribution in [0.4, 0.5) is 10.5 Å². The highest BCUT2D eigenvalue weighted by Gasteiger charge is 2.36. The number of carbonyl (C=O) groups is 2. The number of carbonyl (C=O) groups excluding carboxylic acids is 1. The first kappa shape index (κ1) is 12.4. The number of hydrogen-bond donors (Lipinski definition) is 1. The quantitative estimate of drug-likeness (QED) is 0.893. The molecule has 1 aliphatic rings. The molecule has 0 bridgehead atoms. The van der Waals surface area contributed by atoms with Gasteiger partial charge in [0.25, 0.3) is 0 Å². The molecule has 18 heavy (non-hydrogen) atoms. The van der Waals surface area contributed by atoms with Gasteiger partial charge in [-0.3, -0.25) is 4.90 Å². The zero-order chi connectivity index (χ0) is 13.3. The van der Waals surface area contributed by atoms with Crippen LogP contribution in [0, 0.1) is 5.92 Å². The Kier molecular flexibility index (Phi) is 3.23. The van der Waals surface area contributed by atoms with Crippen LogP contribution in [0.2, 0.25) is 0 Å². The maximum Gasteiger partial charge on any atom is 0.414 e. The normalized spacial score (nSPS) is 19.2. The predicted octanol–water partition coefficient (Wildman–Crippen LogP) is 2.37. The first-order valence-electron chi connectivity index (χ1n) is 5.80. The summed E-state index contributed by atoms with van der Waals surface area (Å²) >= 11 is 0. The van der Waals surface area contributed by atoms with Gasteiger partial charge in [-0.25, -0.2) is 9.59 Å². The number of anilines is 1. The highest BCUT2D eigenvalue weighted by atomic mass is 16.6. The standard InChI is InChI=1S/C13H15NO4/c1-8(2)11-7-18-13(17)14(11)10-5-3-4-9(6-10)12(15)16/h3-6,8,11H,7H2,1-2H3,(H,15,16). The average Bonchev–Trinajstić information content (AvgIpc) is 2.71. The van der Waals surface area contributed by atoms with E-state index in [0.717, 1.165) is 0 Å². The number of hydrogen-bond acceptors (Lipinski definition) is 3. The molecule has 1 unspecified atom stereocenters. The molecule has 1 heterocycles. The third-order valence-corrected chi connectivity index (χ3v) is 3.05. The molecular formula is C13H15NO4. The Morgan fingerprint density at radius 2 is 2.22 bits per heavy atom. The van der Waals surface area contributed by atoms with E-state index in [1.807, 2.05) is 13.8 Å². The second-order valence-corrected chi connectivity index (χ2v) is 4.61. The molecule has 5 nitrogen and oxygen atoms in total. The summed E-state index contributed by atoms with van der Waals surface area (Å²) in [5.41, 5.74) is 0.728. The van der Waals surface area contributed by atoms with Crippen molar-refractivity contribution >= 4 is 17.7 Å². The van der Waals surface area contributed by atoms with Crippen molar-refractivity contribution in [1.29, 1.82) is 0 Å². The van der Waals surface area contributed by atoms with Gasteiger partial charge in [0, 0.05) is 5.69 Å². The van der Waals surface area contributed by atoms with Crippen molar-refractivity contribution in [3.63, 3.8) is 0 Å². The molecule has 5 heteroatoms. The number of aromatic carboxylic acids is 1. The number of nitrogens with zero attached hydrogens (tertiary/aromatic N) is 1. The largest absolute Gasteiger partial charge is 0.478 e. The topological polar surface area (TPSA) is 66.8 Å². The minimum absolute atomic E-state index is 0.0541. The second kappa shape index (κ2) is 4.68. The number of cyclic esters (lactones) is 1. The van der Waals surface area contributed by atoms with Gasteiger partial charge in [0.05, 0.1) is 11.6 Å². The van der Waals surface area contributed by atoms with Gasteiger partial charge in [0.1, 0.15) is 6.61 Å². The van der Waals surface area contributed by atoms with Crippen molar-refractivity contribution in [3.8, 4) is 0 Å². The molecule has 1 N–H and O–H groups in total. The van der Waals surface area contributed by atoms with Crippen LogP contribution in [-0.4, -0.2) is 29.8 Å². The van der Waals surface area contributed by atoms with Crippen molar-refractivity contribution < 1.29 is 19.4 Å². The van der Waals surface area contributed by atoms with Gasteiger partial charge in [-0.2, -0.15) is 0 Å². The monoisotopic (exact) mass is 249 g/mol. The van der Waals surface area contributed by atoms with Crippen molar-refractivity contribution in [1.82, 2.24) is 0 Å². The summed E-state index contributed by atoms with van der Waals surface area (Å²) in [5, 5.41) is 8.96. The molecule has 1 aliphatic heterocycles. The molecule has 0 aliphatic carbocycles. The lowest BCUT2D eigenvalue weighted by atomic mass is 10.0. The summed E-state index contributed by atoms with van der Waals surface area (Å²) in [6, 6.07) is 6.28. The number of benzene rings is 1. The van der Waals surface area contributed by atoms with Crippen LogP contribution in [-0.2, 0) is 4.74 Å². The highest BCUT2D eigenvalue weighted by Crippen LogP contribution is 2.27. The van der Waals surface area contributed by atoms with E-state index in [0.29, 0.717) is 12.3 Å². The number of carboxylic acid groups (broad SMARTS) is 1. The maximum atomic E-state index is 11.7. The molecule has 1 atom stereocenters.